The topological polar surface area (TPSA) is 85.6 Å². The quantitative estimate of drug-likeness (QED) is 0.491. The number of carbonyl (C=O) groups excluding carboxylic acids is 2. The monoisotopic (exact) mass is 393 g/mol. The maximum Gasteiger partial charge on any atom is 0.339 e. The predicted molar refractivity (Wildman–Crippen MR) is 111 cm³/mol. The molecule has 1 N–H and O–H groups in total. The number of rotatable bonds is 7. The molecular formula is C23H23NO5. The fourth-order valence-corrected chi connectivity index (χ4v) is 3.31. The van der Waals surface area contributed by atoms with Gasteiger partial charge in [-0.15, -0.1) is 0 Å². The highest BCUT2D eigenvalue weighted by Crippen LogP contribution is 2.29. The van der Waals surface area contributed by atoms with Crippen molar-refractivity contribution in [2.75, 3.05) is 13.7 Å². The van der Waals surface area contributed by atoms with Gasteiger partial charge in [0.2, 0.25) is 5.91 Å². The van der Waals surface area contributed by atoms with Crippen molar-refractivity contribution >= 4 is 22.7 Å². The average Bonchev–Trinajstić information content (AvgIpc) is 2.73. The van der Waals surface area contributed by atoms with Crippen LogP contribution in [-0.2, 0) is 11.2 Å². The maximum absolute atomic E-state index is 12.5. The predicted octanol–water partition coefficient (Wildman–Crippen LogP) is 3.35. The fourth-order valence-electron chi connectivity index (χ4n) is 3.31. The number of ketones is 1. The van der Waals surface area contributed by atoms with Crippen LogP contribution in [0.2, 0.25) is 0 Å². The highest BCUT2D eigenvalue weighted by Gasteiger charge is 2.16. The Balaban J connectivity index is 1.69. The summed E-state index contributed by atoms with van der Waals surface area (Å²) >= 11 is 0. The van der Waals surface area contributed by atoms with Crippen LogP contribution < -0.4 is 15.7 Å². The summed E-state index contributed by atoms with van der Waals surface area (Å²) in [6.45, 7) is 3.60. The molecule has 0 aliphatic rings. The second-order valence-corrected chi connectivity index (χ2v) is 6.83. The molecule has 1 heterocycles. The summed E-state index contributed by atoms with van der Waals surface area (Å²) < 4.78 is 10.8. The number of nitrogens with one attached hydrogen (secondary N) is 1. The van der Waals surface area contributed by atoms with E-state index in [0.717, 1.165) is 16.5 Å². The second kappa shape index (κ2) is 8.73. The van der Waals surface area contributed by atoms with Gasteiger partial charge in [0.05, 0.1) is 13.7 Å². The molecule has 0 aliphatic carbocycles. The van der Waals surface area contributed by atoms with Crippen LogP contribution in [0.4, 0.5) is 0 Å². The van der Waals surface area contributed by atoms with E-state index in [4.69, 9.17) is 9.15 Å². The lowest BCUT2D eigenvalue weighted by Gasteiger charge is -2.11. The first-order valence-corrected chi connectivity index (χ1v) is 9.37. The van der Waals surface area contributed by atoms with Gasteiger partial charge in [-0.3, -0.25) is 9.59 Å². The van der Waals surface area contributed by atoms with Gasteiger partial charge in [-0.25, -0.2) is 4.79 Å². The zero-order valence-electron chi connectivity index (χ0n) is 16.7. The van der Waals surface area contributed by atoms with E-state index < -0.39 is 5.63 Å². The van der Waals surface area contributed by atoms with E-state index in [2.05, 4.69) is 5.32 Å². The molecule has 150 valence electrons. The first-order valence-electron chi connectivity index (χ1n) is 9.37. The number of hydrogen-bond donors (Lipinski definition) is 1. The number of Topliss-reactive ketones (excluding diaryl/α,β-unsaturated/α-hetero) is 1. The molecule has 0 fully saturated rings. The SMILES string of the molecule is COc1ccc2c(C)c(CCC(=O)NCC(=O)c3ccccc3)c(=O)oc2c1C. The molecule has 0 spiro atoms. The van der Waals surface area contributed by atoms with Gasteiger partial charge in [-0.05, 0) is 38.0 Å². The van der Waals surface area contributed by atoms with Crippen molar-refractivity contribution in [3.05, 3.63) is 75.1 Å². The van der Waals surface area contributed by atoms with Gasteiger partial charge in [0.15, 0.2) is 5.78 Å². The van der Waals surface area contributed by atoms with Crippen LogP contribution in [0.5, 0.6) is 5.75 Å². The van der Waals surface area contributed by atoms with Gasteiger partial charge in [0.1, 0.15) is 11.3 Å². The zero-order valence-corrected chi connectivity index (χ0v) is 16.7. The molecule has 0 saturated heterocycles. The van der Waals surface area contributed by atoms with Crippen molar-refractivity contribution < 1.29 is 18.7 Å². The van der Waals surface area contributed by atoms with E-state index in [-0.39, 0.29) is 31.1 Å². The van der Waals surface area contributed by atoms with Crippen molar-refractivity contribution in [2.24, 2.45) is 0 Å². The van der Waals surface area contributed by atoms with Gasteiger partial charge in [-0.2, -0.15) is 0 Å². The minimum Gasteiger partial charge on any atom is -0.496 e. The van der Waals surface area contributed by atoms with Crippen LogP contribution in [-0.4, -0.2) is 25.3 Å². The smallest absolute Gasteiger partial charge is 0.339 e. The van der Waals surface area contributed by atoms with Crippen LogP contribution >= 0.6 is 0 Å². The summed E-state index contributed by atoms with van der Waals surface area (Å²) in [5, 5.41) is 3.43. The van der Waals surface area contributed by atoms with Crippen molar-refractivity contribution in [3.63, 3.8) is 0 Å². The van der Waals surface area contributed by atoms with E-state index in [1.54, 1.807) is 31.4 Å². The highest BCUT2D eigenvalue weighted by atomic mass is 16.5. The lowest BCUT2D eigenvalue weighted by Crippen LogP contribution is -2.30. The molecule has 6 nitrogen and oxygen atoms in total. The molecule has 1 aromatic heterocycles. The first kappa shape index (κ1) is 20.3. The number of amides is 1. The van der Waals surface area contributed by atoms with E-state index in [1.807, 2.05) is 32.0 Å². The highest BCUT2D eigenvalue weighted by molar-refractivity contribution is 5.99. The Hall–Kier alpha value is -3.41. The number of carbonyl (C=O) groups is 2. The first-order chi connectivity index (χ1) is 13.9. The molecular weight excluding hydrogens is 370 g/mol. The normalized spacial score (nSPS) is 10.7. The molecule has 29 heavy (non-hydrogen) atoms. The van der Waals surface area contributed by atoms with E-state index in [0.29, 0.717) is 22.5 Å². The molecule has 0 bridgehead atoms. The molecule has 3 aromatic rings. The second-order valence-electron chi connectivity index (χ2n) is 6.83. The molecule has 1 amide bonds. The van der Waals surface area contributed by atoms with Crippen LogP contribution in [0, 0.1) is 13.8 Å². The maximum atomic E-state index is 12.5. The summed E-state index contributed by atoms with van der Waals surface area (Å²) in [7, 11) is 1.56. The standard InChI is InChI=1S/C23H23NO5/c1-14-17-9-11-20(28-3)15(2)22(17)29-23(27)18(14)10-12-21(26)24-13-19(25)16-7-5-4-6-8-16/h4-9,11H,10,12-13H2,1-3H3,(H,24,26). The lowest BCUT2D eigenvalue weighted by molar-refractivity contribution is -0.120. The summed E-state index contributed by atoms with van der Waals surface area (Å²) in [5.74, 6) is 0.194. The van der Waals surface area contributed by atoms with Gasteiger partial charge >= 0.3 is 5.63 Å². The number of hydrogen-bond acceptors (Lipinski definition) is 5. The summed E-state index contributed by atoms with van der Waals surface area (Å²) in [6, 6.07) is 12.5. The Bertz CT molecular complexity index is 1120. The Morgan fingerprint density at radius 3 is 2.45 bits per heavy atom. The molecule has 6 heteroatoms. The number of aryl methyl sites for hydroxylation is 2. The average molecular weight is 393 g/mol. The van der Waals surface area contributed by atoms with Gasteiger partial charge in [-0.1, -0.05) is 30.3 Å². The Morgan fingerprint density at radius 1 is 1.03 bits per heavy atom. The van der Waals surface area contributed by atoms with Crippen molar-refractivity contribution in [1.29, 1.82) is 0 Å². The van der Waals surface area contributed by atoms with Crippen LogP contribution in [0.3, 0.4) is 0 Å². The van der Waals surface area contributed by atoms with Crippen molar-refractivity contribution in [2.45, 2.75) is 26.7 Å². The van der Waals surface area contributed by atoms with E-state index in [9.17, 15) is 14.4 Å². The summed E-state index contributed by atoms with van der Waals surface area (Å²) in [6.07, 6.45) is 0.328. The number of ether oxygens (including phenoxy) is 1. The Morgan fingerprint density at radius 2 is 1.76 bits per heavy atom. The molecule has 3 rings (SSSR count). The lowest BCUT2D eigenvalue weighted by atomic mass is 10.00. The minimum atomic E-state index is -0.459. The molecule has 0 aliphatic heterocycles. The molecule has 0 radical (unpaired) electrons. The van der Waals surface area contributed by atoms with Crippen LogP contribution in [0.25, 0.3) is 11.0 Å². The van der Waals surface area contributed by atoms with Crippen LogP contribution in [0.15, 0.2) is 51.7 Å². The van der Waals surface area contributed by atoms with Gasteiger partial charge in [0, 0.05) is 28.5 Å². The number of fused-ring (bicyclic) bond motifs is 1. The minimum absolute atomic E-state index is 0.0762. The Labute approximate surface area is 168 Å². The summed E-state index contributed by atoms with van der Waals surface area (Å²) in [4.78, 5) is 36.7. The largest absolute Gasteiger partial charge is 0.496 e. The Kier molecular flexibility index (Phi) is 6.12. The number of methoxy groups -OCH3 is 1. The third-order valence-corrected chi connectivity index (χ3v) is 5.02. The van der Waals surface area contributed by atoms with Crippen molar-refractivity contribution in [1.82, 2.24) is 5.32 Å². The van der Waals surface area contributed by atoms with E-state index in [1.165, 1.54) is 0 Å². The third-order valence-electron chi connectivity index (χ3n) is 5.02. The van der Waals surface area contributed by atoms with Gasteiger partial charge in [0.25, 0.3) is 0 Å². The van der Waals surface area contributed by atoms with E-state index >= 15 is 0 Å². The molecule has 2 aromatic carbocycles. The van der Waals surface area contributed by atoms with Crippen molar-refractivity contribution in [3.8, 4) is 5.75 Å². The third kappa shape index (κ3) is 4.37. The summed E-state index contributed by atoms with van der Waals surface area (Å²) in [5.41, 5.74) is 2.59. The zero-order chi connectivity index (χ0) is 21.0. The molecule has 0 saturated carbocycles. The molecule has 0 unspecified atom stereocenters. The number of benzene rings is 2. The molecule has 0 atom stereocenters. The van der Waals surface area contributed by atoms with Gasteiger partial charge < -0.3 is 14.5 Å². The fraction of sp³-hybridized carbons (Fsp3) is 0.261. The van der Waals surface area contributed by atoms with Crippen LogP contribution in [0.1, 0.15) is 33.5 Å².